The van der Waals surface area contributed by atoms with Crippen LogP contribution in [0.4, 0.5) is 0 Å². The lowest BCUT2D eigenvalue weighted by Crippen LogP contribution is -2.30. The first kappa shape index (κ1) is 78.9. The summed E-state index contributed by atoms with van der Waals surface area (Å²) in [4.78, 5) is 121. The van der Waals surface area contributed by atoms with Gasteiger partial charge in [0.15, 0.2) is 17.6 Å². The van der Waals surface area contributed by atoms with Gasteiger partial charge in [-0.05, 0) is 142 Å². The number of aromatic nitrogens is 2. The van der Waals surface area contributed by atoms with Gasteiger partial charge in [-0.15, -0.1) is 11.6 Å². The smallest absolute Gasteiger partial charge is 0.313 e. The lowest BCUT2D eigenvalue weighted by molar-refractivity contribution is -0.153. The number of rotatable bonds is 26. The molecule has 4 N–H and O–H groups in total. The van der Waals surface area contributed by atoms with Crippen molar-refractivity contribution in [2.24, 2.45) is 41.2 Å². The van der Waals surface area contributed by atoms with E-state index in [9.17, 15) is 47.9 Å². The van der Waals surface area contributed by atoms with Crippen LogP contribution in [0.5, 0.6) is 0 Å². The van der Waals surface area contributed by atoms with E-state index in [0.29, 0.717) is 101 Å². The Balaban J connectivity index is 0.000000391. The molecule has 1 amide bonds. The van der Waals surface area contributed by atoms with Crippen LogP contribution >= 0.6 is 11.6 Å². The first-order valence-electron chi connectivity index (χ1n) is 31.5. The van der Waals surface area contributed by atoms with Crippen LogP contribution in [-0.2, 0) is 95.8 Å². The van der Waals surface area contributed by atoms with Gasteiger partial charge in [0.1, 0.15) is 25.6 Å². The van der Waals surface area contributed by atoms with Crippen LogP contribution in [-0.4, -0.2) is 119 Å². The van der Waals surface area contributed by atoms with Gasteiger partial charge in [-0.1, -0.05) is 64.4 Å². The number of hydrogen-bond acceptors (Lipinski definition) is 20. The number of alkyl halides is 1. The molecule has 0 bridgehead atoms. The minimum absolute atomic E-state index is 0. The van der Waals surface area contributed by atoms with Gasteiger partial charge in [0, 0.05) is 17.8 Å². The predicted octanol–water partition coefficient (Wildman–Crippen LogP) is 11.2. The van der Waals surface area contributed by atoms with Crippen LogP contribution in [0.1, 0.15) is 217 Å². The van der Waals surface area contributed by atoms with Gasteiger partial charge in [-0.2, -0.15) is 0 Å². The van der Waals surface area contributed by atoms with Gasteiger partial charge in [-0.25, -0.2) is 9.97 Å². The standard InChI is InChI=1S/C18H27NO5.C15H18O4.C14H19NO5.C12H21NO3.C6H9ClO3.CH4/c1-3-5-10-23-18(21)14-8-6-13(7-9-14)17-19-15(12-24-17)11-16(20)22-4-2;16-14(17)12-6-8-13(9-7-12)15(18)19-10-11-4-2-1-3-5-11;1-2-19-12(16)7-11-8-20-13(15-11)9-3-5-10(6-4-9)14(17)18;1-2-3-8-16-12(15)10-6-4-9(5-7-10)11(13)14;1-2-10-6(9)3-5(8)4-7;/h12-14H,3-11H2,1-2H3;1-5,12-13H,6-10H2,(H,16,17);8-10H,2-7H2,1H3,(H,17,18);9-10H,2-8H2,1H3,(H2,13,14);2-4H2,1H3;1H4. The summed E-state index contributed by atoms with van der Waals surface area (Å²) >= 11 is 5.14. The lowest BCUT2D eigenvalue weighted by atomic mass is 9.82. The fraction of sp³-hybridized carbons (Fsp3) is 0.667. The molecule has 0 radical (unpaired) electrons. The summed E-state index contributed by atoms with van der Waals surface area (Å²) in [6.45, 7) is 11.7. The number of amides is 1. The molecule has 3 aromatic rings. The molecule has 23 nitrogen and oxygen atoms in total. The third-order valence-corrected chi connectivity index (χ3v) is 15.9. The van der Waals surface area contributed by atoms with E-state index < -0.39 is 17.9 Å². The number of ether oxygens (including phenoxy) is 6. The number of primary amides is 1. The first-order valence-corrected chi connectivity index (χ1v) is 32.0. The highest BCUT2D eigenvalue weighted by Crippen LogP contribution is 2.37. The number of Topliss-reactive ketones (excluding diaryl/α,β-unsaturated/α-hetero) is 1. The highest BCUT2D eigenvalue weighted by Gasteiger charge is 2.34. The Morgan fingerprint density at radius 1 is 0.500 bits per heavy atom. The molecule has 0 saturated heterocycles. The molecule has 0 spiro atoms. The van der Waals surface area contributed by atoms with Crippen LogP contribution in [0, 0.1) is 35.5 Å². The van der Waals surface area contributed by atoms with Crippen LogP contribution in [0.2, 0.25) is 0 Å². The van der Waals surface area contributed by atoms with Gasteiger partial charge < -0.3 is 53.2 Å². The number of carbonyl (C=O) groups excluding carboxylic acids is 8. The van der Waals surface area contributed by atoms with Gasteiger partial charge in [0.2, 0.25) is 5.91 Å². The summed E-state index contributed by atoms with van der Waals surface area (Å²) in [5, 5.41) is 17.9. The molecular weight excluding hydrogens is 1190 g/mol. The van der Waals surface area contributed by atoms with Gasteiger partial charge >= 0.3 is 47.8 Å². The summed E-state index contributed by atoms with van der Waals surface area (Å²) in [6, 6.07) is 9.55. The number of hydrogen-bond donors (Lipinski definition) is 3. The number of ketones is 1. The molecule has 7 rings (SSSR count). The predicted molar refractivity (Wildman–Crippen MR) is 330 cm³/mol. The maximum absolute atomic E-state index is 12.0. The van der Waals surface area contributed by atoms with E-state index in [1.165, 1.54) is 12.5 Å². The maximum Gasteiger partial charge on any atom is 0.313 e. The van der Waals surface area contributed by atoms with E-state index in [1.807, 2.05) is 30.3 Å². The van der Waals surface area contributed by atoms with Crippen LogP contribution in [0.3, 0.4) is 0 Å². The zero-order valence-corrected chi connectivity index (χ0v) is 53.2. The van der Waals surface area contributed by atoms with Crippen molar-refractivity contribution in [1.29, 1.82) is 0 Å². The van der Waals surface area contributed by atoms with Crippen molar-refractivity contribution in [2.75, 3.05) is 38.9 Å². The van der Waals surface area contributed by atoms with E-state index in [1.54, 1.807) is 20.8 Å². The minimum atomic E-state index is -0.754. The van der Waals surface area contributed by atoms with Crippen molar-refractivity contribution in [3.8, 4) is 0 Å². The van der Waals surface area contributed by atoms with Crippen molar-refractivity contribution >= 4 is 71.0 Å². The van der Waals surface area contributed by atoms with Crippen molar-refractivity contribution in [3.05, 3.63) is 71.6 Å². The molecule has 24 heteroatoms. The number of nitrogens with two attached hydrogens (primary N) is 1. The van der Waals surface area contributed by atoms with Gasteiger partial charge in [0.05, 0.1) is 92.7 Å². The third-order valence-electron chi connectivity index (χ3n) is 15.6. The monoisotopic (exact) mass is 1290 g/mol. The second-order valence-corrected chi connectivity index (χ2v) is 22.6. The Kier molecular flexibility index (Phi) is 39.6. The van der Waals surface area contributed by atoms with Crippen LogP contribution < -0.4 is 5.73 Å². The Morgan fingerprint density at radius 2 is 0.856 bits per heavy atom. The molecule has 0 unspecified atom stereocenters. The fourth-order valence-corrected chi connectivity index (χ4v) is 10.5. The number of carbonyl (C=O) groups is 10. The van der Waals surface area contributed by atoms with Crippen molar-refractivity contribution in [1.82, 2.24) is 9.97 Å². The quantitative estimate of drug-likeness (QED) is 0.0221. The summed E-state index contributed by atoms with van der Waals surface area (Å²) in [5.41, 5.74) is 7.37. The Bertz CT molecular complexity index is 2610. The topological polar surface area (TPSA) is 345 Å². The Hall–Kier alpha value is -7.17. The lowest BCUT2D eigenvalue weighted by Gasteiger charge is -2.25. The molecule has 2 aromatic heterocycles. The number of benzene rings is 1. The second kappa shape index (κ2) is 45.1. The molecule has 4 saturated carbocycles. The van der Waals surface area contributed by atoms with E-state index >= 15 is 0 Å². The van der Waals surface area contributed by atoms with E-state index in [2.05, 4.69) is 28.6 Å². The highest BCUT2D eigenvalue weighted by molar-refractivity contribution is 6.28. The summed E-state index contributed by atoms with van der Waals surface area (Å²) in [6.07, 6.45) is 18.3. The first-order chi connectivity index (χ1) is 42.7. The number of carboxylic acids is 2. The van der Waals surface area contributed by atoms with Crippen LogP contribution in [0.15, 0.2) is 51.7 Å². The molecular formula is C66H98ClN3O20. The van der Waals surface area contributed by atoms with E-state index in [-0.39, 0.29) is 121 Å². The molecule has 0 atom stereocenters. The van der Waals surface area contributed by atoms with Crippen molar-refractivity contribution in [2.45, 2.75) is 208 Å². The van der Waals surface area contributed by atoms with Gasteiger partial charge in [0.25, 0.3) is 0 Å². The van der Waals surface area contributed by atoms with Crippen molar-refractivity contribution in [3.63, 3.8) is 0 Å². The SMILES string of the molecule is C.CCCCOC(=O)C1CCC(C(N)=O)CC1.CCCCOC(=O)C1CCC(c2nc(CC(=O)OCC)co2)CC1.CCOC(=O)CC(=O)CCl.CCOC(=O)Cc1coc(C2CCC(C(=O)O)CC2)n1.O=C(O)C1CCC(C(=O)OCc2ccccc2)CC1. The average molecular weight is 1290 g/mol. The molecule has 1 aromatic carbocycles. The van der Waals surface area contributed by atoms with Crippen LogP contribution in [0.25, 0.3) is 0 Å². The summed E-state index contributed by atoms with van der Waals surface area (Å²) < 4.78 is 40.9. The summed E-state index contributed by atoms with van der Waals surface area (Å²) in [7, 11) is 0. The number of nitrogens with zero attached hydrogens (tertiary/aromatic N) is 2. The number of esters is 6. The number of aliphatic carboxylic acids is 2. The zero-order valence-electron chi connectivity index (χ0n) is 52.5. The van der Waals surface area contributed by atoms with E-state index in [4.69, 9.17) is 60.1 Å². The average Bonchev–Trinajstić information content (AvgIpc) is 2.23. The number of oxazole rings is 2. The molecule has 2 heterocycles. The number of carboxylic acid groups (broad SMARTS) is 2. The van der Waals surface area contributed by atoms with Crippen molar-refractivity contribution < 1.29 is 95.4 Å². The fourth-order valence-electron chi connectivity index (χ4n) is 10.4. The number of halogens is 1. The zero-order chi connectivity index (χ0) is 65.5. The maximum atomic E-state index is 12.0. The molecule has 90 heavy (non-hydrogen) atoms. The highest BCUT2D eigenvalue weighted by atomic mass is 35.5. The minimum Gasteiger partial charge on any atom is -0.481 e. The second-order valence-electron chi connectivity index (χ2n) is 22.4. The molecule has 4 aliphatic rings. The normalized spacial score (nSPS) is 20.7. The van der Waals surface area contributed by atoms with E-state index in [0.717, 1.165) is 95.5 Å². The molecule has 0 aliphatic heterocycles. The molecule has 504 valence electrons. The molecule has 4 aliphatic carbocycles. The Morgan fingerprint density at radius 3 is 1.22 bits per heavy atom. The number of unbranched alkanes of at least 4 members (excludes halogenated alkanes) is 2. The largest absolute Gasteiger partial charge is 0.481 e. The summed E-state index contributed by atoms with van der Waals surface area (Å²) in [5.74, 6) is -2.77. The van der Waals surface area contributed by atoms with Gasteiger partial charge in [-0.3, -0.25) is 47.9 Å². The molecule has 4 fully saturated rings. The Labute approximate surface area is 534 Å². The third kappa shape index (κ3) is 31.0.